The number of hydrogen-bond donors (Lipinski definition) is 1. The van der Waals surface area contributed by atoms with Gasteiger partial charge in [0.2, 0.25) is 11.8 Å². The van der Waals surface area contributed by atoms with Crippen molar-refractivity contribution in [3.8, 4) is 0 Å². The zero-order chi connectivity index (χ0) is 14.3. The van der Waals surface area contributed by atoms with Gasteiger partial charge in [0.05, 0.1) is 12.5 Å². The molecule has 0 spiro atoms. The van der Waals surface area contributed by atoms with Gasteiger partial charge in [-0.25, -0.2) is 0 Å². The van der Waals surface area contributed by atoms with E-state index in [4.69, 9.17) is 5.11 Å². The van der Waals surface area contributed by atoms with Crippen LogP contribution in [-0.2, 0) is 14.4 Å². The molecule has 2 amide bonds. The molecule has 2 heterocycles. The lowest BCUT2D eigenvalue weighted by Gasteiger charge is -2.34. The second-order valence-corrected chi connectivity index (χ2v) is 6.13. The minimum Gasteiger partial charge on any atom is -0.481 e. The highest BCUT2D eigenvalue weighted by atomic mass is 16.4. The van der Waals surface area contributed by atoms with E-state index in [1.54, 1.807) is 0 Å². The first-order chi connectivity index (χ1) is 9.56. The Kier molecular flexibility index (Phi) is 3.50. The molecule has 6 nitrogen and oxygen atoms in total. The van der Waals surface area contributed by atoms with Gasteiger partial charge in [-0.2, -0.15) is 0 Å². The fourth-order valence-corrected chi connectivity index (χ4v) is 3.35. The number of piperidine rings is 1. The quantitative estimate of drug-likeness (QED) is 0.757. The number of nitrogens with zero attached hydrogens (tertiary/aromatic N) is 2. The molecule has 1 saturated carbocycles. The average Bonchev–Trinajstić information content (AvgIpc) is 3.17. The van der Waals surface area contributed by atoms with Crippen molar-refractivity contribution in [2.24, 2.45) is 5.92 Å². The molecule has 1 aliphatic carbocycles. The Bertz CT molecular complexity index is 438. The average molecular weight is 280 g/mol. The molecule has 20 heavy (non-hydrogen) atoms. The smallest absolute Gasteiger partial charge is 0.303 e. The van der Waals surface area contributed by atoms with Crippen LogP contribution in [0, 0.1) is 5.92 Å². The van der Waals surface area contributed by atoms with Crippen LogP contribution in [0.5, 0.6) is 0 Å². The maximum Gasteiger partial charge on any atom is 0.303 e. The van der Waals surface area contributed by atoms with Gasteiger partial charge in [0.1, 0.15) is 0 Å². The highest BCUT2D eigenvalue weighted by Crippen LogP contribution is 2.34. The number of aliphatic carboxylic acids is 1. The van der Waals surface area contributed by atoms with Crippen LogP contribution in [0.25, 0.3) is 0 Å². The van der Waals surface area contributed by atoms with Crippen LogP contribution < -0.4 is 0 Å². The van der Waals surface area contributed by atoms with Crippen LogP contribution in [0.2, 0.25) is 0 Å². The summed E-state index contributed by atoms with van der Waals surface area (Å²) in [5, 5.41) is 8.80. The molecule has 0 aromatic heterocycles. The molecular formula is C14H20N2O4. The fourth-order valence-electron chi connectivity index (χ4n) is 3.35. The van der Waals surface area contributed by atoms with Crippen LogP contribution in [0.3, 0.4) is 0 Å². The first kappa shape index (κ1) is 13.5. The third-order valence-electron chi connectivity index (χ3n) is 4.62. The van der Waals surface area contributed by atoms with E-state index >= 15 is 0 Å². The van der Waals surface area contributed by atoms with Gasteiger partial charge in [-0.15, -0.1) is 0 Å². The number of carboxylic acids is 1. The summed E-state index contributed by atoms with van der Waals surface area (Å²) in [5.41, 5.74) is 0. The van der Waals surface area contributed by atoms with Gasteiger partial charge < -0.3 is 5.11 Å². The first-order valence-electron chi connectivity index (χ1n) is 7.38. The molecule has 3 aliphatic rings. The predicted molar refractivity (Wildman–Crippen MR) is 69.8 cm³/mol. The lowest BCUT2D eigenvalue weighted by atomic mass is 9.92. The van der Waals surface area contributed by atoms with Gasteiger partial charge in [-0.05, 0) is 44.7 Å². The molecule has 0 aromatic rings. The van der Waals surface area contributed by atoms with Crippen molar-refractivity contribution >= 4 is 17.8 Å². The Hall–Kier alpha value is -1.43. The van der Waals surface area contributed by atoms with Crippen molar-refractivity contribution in [2.45, 2.75) is 50.6 Å². The van der Waals surface area contributed by atoms with Crippen molar-refractivity contribution in [3.05, 3.63) is 0 Å². The van der Waals surface area contributed by atoms with E-state index in [1.807, 2.05) is 0 Å². The number of carboxylic acid groups (broad SMARTS) is 1. The summed E-state index contributed by atoms with van der Waals surface area (Å²) < 4.78 is 0. The predicted octanol–water partition coefficient (Wildman–Crippen LogP) is 0.463. The van der Waals surface area contributed by atoms with Crippen molar-refractivity contribution < 1.29 is 19.5 Å². The number of hydrogen-bond acceptors (Lipinski definition) is 4. The molecule has 3 rings (SSSR count). The summed E-state index contributed by atoms with van der Waals surface area (Å²) in [6.07, 6.45) is 4.01. The minimum absolute atomic E-state index is 0.0323. The number of amides is 2. The van der Waals surface area contributed by atoms with Crippen LogP contribution in [0.15, 0.2) is 0 Å². The van der Waals surface area contributed by atoms with Gasteiger partial charge in [-0.3, -0.25) is 24.2 Å². The molecule has 2 aliphatic heterocycles. The van der Waals surface area contributed by atoms with E-state index in [9.17, 15) is 14.4 Å². The Morgan fingerprint density at radius 2 is 1.80 bits per heavy atom. The zero-order valence-electron chi connectivity index (χ0n) is 11.5. The molecule has 110 valence electrons. The van der Waals surface area contributed by atoms with E-state index in [1.165, 1.54) is 4.90 Å². The lowest BCUT2D eigenvalue weighted by molar-refractivity contribution is -0.142. The summed E-state index contributed by atoms with van der Waals surface area (Å²) in [4.78, 5) is 38.5. The normalized spacial score (nSPS) is 29.2. The second-order valence-electron chi connectivity index (χ2n) is 6.13. The van der Waals surface area contributed by atoms with Gasteiger partial charge in [0.15, 0.2) is 0 Å². The third kappa shape index (κ3) is 2.57. The summed E-state index contributed by atoms with van der Waals surface area (Å²) in [6.45, 7) is 1.44. The summed E-state index contributed by atoms with van der Waals surface area (Å²) in [7, 11) is 0. The third-order valence-corrected chi connectivity index (χ3v) is 4.62. The molecule has 0 radical (unpaired) electrons. The summed E-state index contributed by atoms with van der Waals surface area (Å²) >= 11 is 0. The Labute approximate surface area is 117 Å². The topological polar surface area (TPSA) is 77.9 Å². The second kappa shape index (κ2) is 5.16. The van der Waals surface area contributed by atoms with Crippen molar-refractivity contribution in [1.82, 2.24) is 9.80 Å². The number of imide groups is 1. The van der Waals surface area contributed by atoms with Crippen LogP contribution in [-0.4, -0.2) is 57.9 Å². The van der Waals surface area contributed by atoms with E-state index in [-0.39, 0.29) is 36.2 Å². The van der Waals surface area contributed by atoms with E-state index in [2.05, 4.69) is 4.90 Å². The van der Waals surface area contributed by atoms with Gasteiger partial charge in [-0.1, -0.05) is 0 Å². The van der Waals surface area contributed by atoms with Crippen molar-refractivity contribution in [3.63, 3.8) is 0 Å². The number of rotatable bonds is 4. The van der Waals surface area contributed by atoms with E-state index in [0.717, 1.165) is 38.8 Å². The summed E-state index contributed by atoms with van der Waals surface area (Å²) in [6, 6.07) is -0.140. The number of carbonyl (C=O) groups is 3. The number of likely N-dealkylation sites (tertiary alicyclic amines) is 2. The summed E-state index contributed by atoms with van der Waals surface area (Å²) in [5.74, 6) is -0.615. The van der Waals surface area contributed by atoms with Gasteiger partial charge in [0.25, 0.3) is 0 Å². The minimum atomic E-state index is -0.754. The Morgan fingerprint density at radius 3 is 2.35 bits per heavy atom. The van der Waals surface area contributed by atoms with Crippen LogP contribution in [0.4, 0.5) is 0 Å². The number of carbonyl (C=O) groups excluding carboxylic acids is 2. The molecule has 2 saturated heterocycles. The van der Waals surface area contributed by atoms with E-state index < -0.39 is 5.97 Å². The molecule has 1 unspecified atom stereocenters. The fraction of sp³-hybridized carbons (Fsp3) is 0.786. The van der Waals surface area contributed by atoms with Crippen molar-refractivity contribution in [2.75, 3.05) is 13.1 Å². The highest BCUT2D eigenvalue weighted by Gasteiger charge is 2.48. The Morgan fingerprint density at radius 1 is 1.15 bits per heavy atom. The molecule has 1 N–H and O–H groups in total. The lowest BCUT2D eigenvalue weighted by Crippen LogP contribution is -2.46. The molecule has 3 fully saturated rings. The van der Waals surface area contributed by atoms with Gasteiger partial charge >= 0.3 is 5.97 Å². The van der Waals surface area contributed by atoms with E-state index in [0.29, 0.717) is 6.42 Å². The van der Waals surface area contributed by atoms with Crippen LogP contribution in [0.1, 0.15) is 38.5 Å². The maximum absolute atomic E-state index is 12.3. The standard InChI is InChI=1S/C14H20N2O4/c17-12-8-11(14(20)16(12)10-1-2-10)15-5-3-9(4-6-15)7-13(18)19/h9-11H,1-8H2,(H,18,19). The van der Waals surface area contributed by atoms with Gasteiger partial charge in [0, 0.05) is 12.5 Å². The molecule has 1 atom stereocenters. The maximum atomic E-state index is 12.3. The molecular weight excluding hydrogens is 260 g/mol. The molecule has 0 bridgehead atoms. The highest BCUT2D eigenvalue weighted by molar-refractivity contribution is 6.06. The monoisotopic (exact) mass is 280 g/mol. The largest absolute Gasteiger partial charge is 0.481 e. The van der Waals surface area contributed by atoms with Crippen molar-refractivity contribution in [1.29, 1.82) is 0 Å². The van der Waals surface area contributed by atoms with Crippen LogP contribution >= 0.6 is 0 Å². The zero-order valence-corrected chi connectivity index (χ0v) is 11.5. The first-order valence-corrected chi connectivity index (χ1v) is 7.38. The molecule has 0 aromatic carbocycles. The SMILES string of the molecule is O=C(O)CC1CCN(C2CC(=O)N(C3CC3)C2=O)CC1. The Balaban J connectivity index is 1.57. The molecule has 6 heteroatoms.